The van der Waals surface area contributed by atoms with Gasteiger partial charge in [0.15, 0.2) is 0 Å². The monoisotopic (exact) mass is 330 g/mol. The molecule has 0 aromatic heterocycles. The van der Waals surface area contributed by atoms with Crippen LogP contribution in [0, 0.1) is 5.41 Å². The molecule has 0 radical (unpaired) electrons. The lowest BCUT2D eigenvalue weighted by molar-refractivity contribution is -0.130. The van der Waals surface area contributed by atoms with Crippen molar-refractivity contribution in [1.29, 1.82) is 0 Å². The van der Waals surface area contributed by atoms with Gasteiger partial charge in [0.05, 0.1) is 6.61 Å². The van der Waals surface area contributed by atoms with Crippen molar-refractivity contribution in [3.05, 3.63) is 29.8 Å². The molecule has 0 aliphatic carbocycles. The third-order valence-corrected chi connectivity index (χ3v) is 5.70. The van der Waals surface area contributed by atoms with Crippen molar-refractivity contribution in [2.45, 2.75) is 39.0 Å². The summed E-state index contributed by atoms with van der Waals surface area (Å²) < 4.78 is 5.46. The van der Waals surface area contributed by atoms with Gasteiger partial charge in [0.25, 0.3) is 0 Å². The fourth-order valence-corrected chi connectivity index (χ4v) is 3.98. The van der Waals surface area contributed by atoms with Gasteiger partial charge in [0.1, 0.15) is 5.75 Å². The number of nitrogens with zero attached hydrogens (tertiary/aromatic N) is 2. The molecule has 1 aromatic rings. The van der Waals surface area contributed by atoms with E-state index in [1.54, 1.807) is 0 Å². The van der Waals surface area contributed by atoms with Gasteiger partial charge in [-0.3, -0.25) is 4.79 Å². The molecule has 2 aliphatic rings. The molecule has 0 bridgehead atoms. The van der Waals surface area contributed by atoms with Crippen LogP contribution in [0.5, 0.6) is 5.75 Å². The summed E-state index contributed by atoms with van der Waals surface area (Å²) in [5.74, 6) is 1.22. The third-order valence-electron chi connectivity index (χ3n) is 5.70. The van der Waals surface area contributed by atoms with E-state index in [0.29, 0.717) is 24.3 Å². The van der Waals surface area contributed by atoms with Gasteiger partial charge in [0, 0.05) is 19.5 Å². The minimum Gasteiger partial charge on any atom is -0.494 e. The van der Waals surface area contributed by atoms with Crippen LogP contribution in [0.2, 0.25) is 0 Å². The van der Waals surface area contributed by atoms with Crippen molar-refractivity contribution in [2.75, 3.05) is 39.8 Å². The Morgan fingerprint density at radius 2 is 1.79 bits per heavy atom. The number of ether oxygens (including phenoxy) is 1. The SMILES string of the molecule is CCOc1ccc(CCC(=O)N2CCC3(CCN(C)CC3)C2)cc1. The van der Waals surface area contributed by atoms with Crippen LogP contribution in [0.3, 0.4) is 0 Å². The van der Waals surface area contributed by atoms with Gasteiger partial charge < -0.3 is 14.5 Å². The lowest BCUT2D eigenvalue weighted by Crippen LogP contribution is -2.40. The number of piperidine rings is 1. The number of amides is 1. The number of carbonyl (C=O) groups is 1. The van der Waals surface area contributed by atoms with Gasteiger partial charge in [-0.15, -0.1) is 0 Å². The van der Waals surface area contributed by atoms with E-state index in [4.69, 9.17) is 4.74 Å². The maximum Gasteiger partial charge on any atom is 0.222 e. The zero-order chi connectivity index (χ0) is 17.0. The largest absolute Gasteiger partial charge is 0.494 e. The highest BCUT2D eigenvalue weighted by molar-refractivity contribution is 5.76. The maximum atomic E-state index is 12.6. The summed E-state index contributed by atoms with van der Waals surface area (Å²) in [7, 11) is 2.20. The predicted molar refractivity (Wildman–Crippen MR) is 96.3 cm³/mol. The van der Waals surface area contributed by atoms with Gasteiger partial charge >= 0.3 is 0 Å². The number of likely N-dealkylation sites (tertiary alicyclic amines) is 2. The van der Waals surface area contributed by atoms with E-state index in [9.17, 15) is 4.79 Å². The molecule has 0 atom stereocenters. The second kappa shape index (κ2) is 7.56. The van der Waals surface area contributed by atoms with E-state index in [0.717, 1.165) is 25.3 Å². The molecule has 1 aromatic carbocycles. The molecule has 1 amide bonds. The molecule has 1 spiro atoms. The van der Waals surface area contributed by atoms with E-state index in [1.165, 1.54) is 37.9 Å². The lowest BCUT2D eigenvalue weighted by Gasteiger charge is -2.37. The molecule has 4 heteroatoms. The first-order valence-corrected chi connectivity index (χ1v) is 9.28. The number of hydrogen-bond donors (Lipinski definition) is 0. The second-order valence-corrected chi connectivity index (χ2v) is 7.45. The van der Waals surface area contributed by atoms with E-state index in [1.807, 2.05) is 19.1 Å². The van der Waals surface area contributed by atoms with Crippen molar-refractivity contribution in [3.8, 4) is 5.75 Å². The van der Waals surface area contributed by atoms with Crippen molar-refractivity contribution < 1.29 is 9.53 Å². The average molecular weight is 330 g/mol. The normalized spacial score (nSPS) is 20.5. The highest BCUT2D eigenvalue weighted by Gasteiger charge is 2.41. The zero-order valence-corrected chi connectivity index (χ0v) is 15.1. The van der Waals surface area contributed by atoms with Crippen molar-refractivity contribution in [2.24, 2.45) is 5.41 Å². The summed E-state index contributed by atoms with van der Waals surface area (Å²) in [5, 5.41) is 0. The Labute approximate surface area is 145 Å². The first kappa shape index (κ1) is 17.3. The maximum absolute atomic E-state index is 12.6. The highest BCUT2D eigenvalue weighted by atomic mass is 16.5. The summed E-state index contributed by atoms with van der Waals surface area (Å²) in [6, 6.07) is 8.13. The third kappa shape index (κ3) is 4.10. The first-order chi connectivity index (χ1) is 11.6. The molecule has 0 N–H and O–H groups in total. The molecule has 24 heavy (non-hydrogen) atoms. The second-order valence-electron chi connectivity index (χ2n) is 7.45. The van der Waals surface area contributed by atoms with Gasteiger partial charge in [-0.1, -0.05) is 12.1 Å². The predicted octanol–water partition coefficient (Wildman–Crippen LogP) is 2.96. The van der Waals surface area contributed by atoms with Crippen LogP contribution in [-0.2, 0) is 11.2 Å². The van der Waals surface area contributed by atoms with E-state index in [-0.39, 0.29) is 0 Å². The summed E-state index contributed by atoms with van der Waals surface area (Å²) in [6.45, 7) is 6.95. The Bertz CT molecular complexity index is 547. The van der Waals surface area contributed by atoms with Crippen molar-refractivity contribution in [1.82, 2.24) is 9.80 Å². The van der Waals surface area contributed by atoms with E-state index >= 15 is 0 Å². The summed E-state index contributed by atoms with van der Waals surface area (Å²) in [5.41, 5.74) is 1.61. The van der Waals surface area contributed by atoms with Crippen molar-refractivity contribution in [3.63, 3.8) is 0 Å². The molecule has 2 fully saturated rings. The van der Waals surface area contributed by atoms with Crippen LogP contribution in [0.1, 0.15) is 38.2 Å². The van der Waals surface area contributed by atoms with Crippen LogP contribution in [-0.4, -0.2) is 55.5 Å². The van der Waals surface area contributed by atoms with Crippen LogP contribution in [0.15, 0.2) is 24.3 Å². The highest BCUT2D eigenvalue weighted by Crippen LogP contribution is 2.40. The van der Waals surface area contributed by atoms with Crippen LogP contribution in [0.4, 0.5) is 0 Å². The Morgan fingerprint density at radius 3 is 2.46 bits per heavy atom. The molecule has 0 unspecified atom stereocenters. The minimum atomic E-state index is 0.319. The molecular formula is C20H30N2O2. The lowest BCUT2D eigenvalue weighted by atomic mass is 9.78. The van der Waals surface area contributed by atoms with Crippen molar-refractivity contribution >= 4 is 5.91 Å². The number of rotatable bonds is 5. The summed E-state index contributed by atoms with van der Waals surface area (Å²) >= 11 is 0. The molecule has 3 rings (SSSR count). The Balaban J connectivity index is 1.47. The average Bonchev–Trinajstić information content (AvgIpc) is 3.01. The molecule has 4 nitrogen and oxygen atoms in total. The molecule has 2 aliphatic heterocycles. The minimum absolute atomic E-state index is 0.319. The number of carbonyl (C=O) groups excluding carboxylic acids is 1. The molecule has 0 saturated carbocycles. The smallest absolute Gasteiger partial charge is 0.222 e. The summed E-state index contributed by atoms with van der Waals surface area (Å²) in [4.78, 5) is 17.1. The van der Waals surface area contributed by atoms with E-state index < -0.39 is 0 Å². The van der Waals surface area contributed by atoms with E-state index in [2.05, 4.69) is 29.0 Å². The number of benzene rings is 1. The van der Waals surface area contributed by atoms with Gasteiger partial charge in [-0.25, -0.2) is 0 Å². The Kier molecular flexibility index (Phi) is 5.44. The summed E-state index contributed by atoms with van der Waals surface area (Å²) in [6.07, 6.45) is 5.11. The standard InChI is InChI=1S/C20H30N2O2/c1-3-24-18-7-4-17(5-8-18)6-9-19(23)22-15-12-20(16-22)10-13-21(2)14-11-20/h4-5,7-8H,3,6,9-16H2,1-2H3. The molecular weight excluding hydrogens is 300 g/mol. The molecule has 132 valence electrons. The fraction of sp³-hybridized carbons (Fsp3) is 0.650. The zero-order valence-electron chi connectivity index (χ0n) is 15.1. The van der Waals surface area contributed by atoms with Gasteiger partial charge in [-0.2, -0.15) is 0 Å². The topological polar surface area (TPSA) is 32.8 Å². The molecule has 2 saturated heterocycles. The number of aryl methyl sites for hydroxylation is 1. The fourth-order valence-electron chi connectivity index (χ4n) is 3.98. The van der Waals surface area contributed by atoms with Crippen LogP contribution < -0.4 is 4.74 Å². The quantitative estimate of drug-likeness (QED) is 0.832. The van der Waals surface area contributed by atoms with Gasteiger partial charge in [0.2, 0.25) is 5.91 Å². The number of hydrogen-bond acceptors (Lipinski definition) is 3. The molecule has 2 heterocycles. The first-order valence-electron chi connectivity index (χ1n) is 9.28. The van der Waals surface area contributed by atoms with Gasteiger partial charge in [-0.05, 0) is 75.9 Å². The Hall–Kier alpha value is -1.55. The van der Waals surface area contributed by atoms with Crippen LogP contribution in [0.25, 0.3) is 0 Å². The van der Waals surface area contributed by atoms with Crippen LogP contribution >= 0.6 is 0 Å². The Morgan fingerprint density at radius 1 is 1.12 bits per heavy atom.